The molecule has 0 spiro atoms. The van der Waals surface area contributed by atoms with E-state index in [1.165, 1.54) is 12.1 Å². The molecule has 0 aromatic heterocycles. The summed E-state index contributed by atoms with van der Waals surface area (Å²) >= 11 is 2.79. The Hall–Kier alpha value is -2.09. The molecular formula is C15H13N2O3S2-. The molecule has 2 aromatic rings. The summed E-state index contributed by atoms with van der Waals surface area (Å²) in [5, 5.41) is 5.52. The van der Waals surface area contributed by atoms with E-state index in [1.54, 1.807) is 24.3 Å². The molecule has 114 valence electrons. The van der Waals surface area contributed by atoms with Gasteiger partial charge in [-0.15, -0.1) is 0 Å². The summed E-state index contributed by atoms with van der Waals surface area (Å²) in [7, 11) is 0. The third-order valence-corrected chi connectivity index (χ3v) is 3.71. The van der Waals surface area contributed by atoms with Gasteiger partial charge in [0.2, 0.25) is 0 Å². The van der Waals surface area contributed by atoms with Gasteiger partial charge in [0.1, 0.15) is 0 Å². The van der Waals surface area contributed by atoms with Crippen LogP contribution in [0.3, 0.4) is 0 Å². The van der Waals surface area contributed by atoms with Crippen LogP contribution in [-0.4, -0.2) is 19.8 Å². The molecule has 5 nitrogen and oxygen atoms in total. The zero-order valence-electron chi connectivity index (χ0n) is 11.7. The van der Waals surface area contributed by atoms with Gasteiger partial charge in [-0.25, -0.2) is 0 Å². The van der Waals surface area contributed by atoms with Crippen molar-refractivity contribution in [2.24, 2.45) is 0 Å². The molecule has 2 aromatic carbocycles. The lowest BCUT2D eigenvalue weighted by Gasteiger charge is -2.11. The summed E-state index contributed by atoms with van der Waals surface area (Å²) in [4.78, 5) is 12.2. The highest BCUT2D eigenvalue weighted by atomic mass is 32.2. The maximum absolute atomic E-state index is 12.0. The first kappa shape index (κ1) is 16.3. The van der Waals surface area contributed by atoms with Crippen molar-refractivity contribution in [2.75, 3.05) is 5.32 Å². The summed E-state index contributed by atoms with van der Waals surface area (Å²) in [6, 6.07) is 13.1. The van der Waals surface area contributed by atoms with Gasteiger partial charge in [0, 0.05) is 16.1 Å². The van der Waals surface area contributed by atoms with Crippen molar-refractivity contribution < 1.29 is 13.6 Å². The standard InChI is InChI=1S/C15H14N2O3S2/c1-10-2-4-11(5-3-10)14(18)17-15(21)16-12-6-8-13(9-7-12)22(19)20/h2-9H,1H3,(H,19,20)(H2,16,17,18,21)/p-1. The van der Waals surface area contributed by atoms with Gasteiger partial charge >= 0.3 is 0 Å². The number of aryl methyl sites for hydroxylation is 1. The minimum Gasteiger partial charge on any atom is -0.768 e. The molecule has 0 fully saturated rings. The largest absolute Gasteiger partial charge is 0.768 e. The Bertz CT molecular complexity index is 713. The van der Waals surface area contributed by atoms with E-state index in [1.807, 2.05) is 19.1 Å². The number of anilines is 1. The molecule has 1 atom stereocenters. The monoisotopic (exact) mass is 333 g/mol. The van der Waals surface area contributed by atoms with E-state index < -0.39 is 11.1 Å². The number of carbonyl (C=O) groups excluding carboxylic acids is 1. The summed E-state index contributed by atoms with van der Waals surface area (Å²) < 4.78 is 21.5. The topological polar surface area (TPSA) is 81.3 Å². The first-order chi connectivity index (χ1) is 10.5. The summed E-state index contributed by atoms with van der Waals surface area (Å²) in [6.07, 6.45) is 0. The minimum atomic E-state index is -2.27. The zero-order chi connectivity index (χ0) is 16.1. The molecule has 2 N–H and O–H groups in total. The van der Waals surface area contributed by atoms with Crippen LogP contribution in [0, 0.1) is 6.92 Å². The van der Waals surface area contributed by atoms with Gasteiger partial charge in [-0.3, -0.25) is 14.3 Å². The second-order valence-corrected chi connectivity index (χ2v) is 5.88. The lowest BCUT2D eigenvalue weighted by atomic mass is 10.1. The van der Waals surface area contributed by atoms with Crippen molar-refractivity contribution in [3.05, 3.63) is 59.7 Å². The Morgan fingerprint density at radius 1 is 1.09 bits per heavy atom. The molecule has 2 rings (SSSR count). The van der Waals surface area contributed by atoms with Crippen LogP contribution in [0.25, 0.3) is 0 Å². The molecular weight excluding hydrogens is 320 g/mol. The Kier molecular flexibility index (Phi) is 5.37. The fourth-order valence-electron chi connectivity index (χ4n) is 1.69. The number of rotatable bonds is 3. The minimum absolute atomic E-state index is 0.140. The lowest BCUT2D eigenvalue weighted by Crippen LogP contribution is -2.34. The van der Waals surface area contributed by atoms with Crippen molar-refractivity contribution in [2.45, 2.75) is 11.8 Å². The molecule has 0 radical (unpaired) electrons. The maximum Gasteiger partial charge on any atom is 0.257 e. The summed E-state index contributed by atoms with van der Waals surface area (Å²) in [6.45, 7) is 1.94. The second-order valence-electron chi connectivity index (χ2n) is 4.53. The van der Waals surface area contributed by atoms with E-state index in [4.69, 9.17) is 12.2 Å². The van der Waals surface area contributed by atoms with Gasteiger partial charge in [-0.1, -0.05) is 17.7 Å². The Labute approximate surface area is 136 Å². The van der Waals surface area contributed by atoms with Gasteiger partial charge < -0.3 is 9.87 Å². The second kappa shape index (κ2) is 7.26. The predicted octanol–water partition coefficient (Wildman–Crippen LogP) is 2.36. The number of amides is 1. The number of nitrogens with one attached hydrogen (secondary N) is 2. The first-order valence-corrected chi connectivity index (χ1v) is 7.82. The third-order valence-electron chi connectivity index (χ3n) is 2.85. The molecule has 1 unspecified atom stereocenters. The zero-order valence-corrected chi connectivity index (χ0v) is 13.3. The van der Waals surface area contributed by atoms with Crippen molar-refractivity contribution in [3.63, 3.8) is 0 Å². The van der Waals surface area contributed by atoms with E-state index in [9.17, 15) is 13.6 Å². The highest BCUT2D eigenvalue weighted by Crippen LogP contribution is 2.11. The predicted molar refractivity (Wildman–Crippen MR) is 88.5 cm³/mol. The summed E-state index contributed by atoms with van der Waals surface area (Å²) in [5.41, 5.74) is 2.16. The fourth-order valence-corrected chi connectivity index (χ4v) is 2.26. The third kappa shape index (κ3) is 4.45. The van der Waals surface area contributed by atoms with Crippen molar-refractivity contribution in [1.29, 1.82) is 0 Å². The SMILES string of the molecule is Cc1ccc(C(=O)NC(=S)Nc2ccc(S(=O)[O-])cc2)cc1. The molecule has 22 heavy (non-hydrogen) atoms. The van der Waals surface area contributed by atoms with Crippen molar-refractivity contribution in [1.82, 2.24) is 5.32 Å². The van der Waals surface area contributed by atoms with Gasteiger partial charge in [0.25, 0.3) is 5.91 Å². The Morgan fingerprint density at radius 3 is 2.23 bits per heavy atom. The normalized spacial score (nSPS) is 11.5. The van der Waals surface area contributed by atoms with Crippen LogP contribution < -0.4 is 10.6 Å². The van der Waals surface area contributed by atoms with E-state index in [-0.39, 0.29) is 15.9 Å². The highest BCUT2D eigenvalue weighted by molar-refractivity contribution is 7.80. The van der Waals surface area contributed by atoms with Crippen molar-refractivity contribution in [3.8, 4) is 0 Å². The smallest absolute Gasteiger partial charge is 0.257 e. The molecule has 0 bridgehead atoms. The Balaban J connectivity index is 1.96. The first-order valence-electron chi connectivity index (χ1n) is 6.34. The van der Waals surface area contributed by atoms with Crippen LogP contribution >= 0.6 is 12.2 Å². The maximum atomic E-state index is 12.0. The van der Waals surface area contributed by atoms with Crippen LogP contribution in [0.4, 0.5) is 5.69 Å². The van der Waals surface area contributed by atoms with Gasteiger partial charge in [0.15, 0.2) is 5.11 Å². The van der Waals surface area contributed by atoms with Crippen LogP contribution in [0.5, 0.6) is 0 Å². The van der Waals surface area contributed by atoms with E-state index in [0.29, 0.717) is 11.3 Å². The van der Waals surface area contributed by atoms with Gasteiger partial charge in [-0.2, -0.15) is 0 Å². The van der Waals surface area contributed by atoms with E-state index in [0.717, 1.165) is 5.56 Å². The molecule has 0 aliphatic rings. The number of hydrogen-bond acceptors (Lipinski definition) is 4. The number of carbonyl (C=O) groups is 1. The number of hydrogen-bond donors (Lipinski definition) is 2. The highest BCUT2D eigenvalue weighted by Gasteiger charge is 2.07. The van der Waals surface area contributed by atoms with Crippen molar-refractivity contribution >= 4 is 40.0 Å². The molecule has 7 heteroatoms. The average molecular weight is 333 g/mol. The molecule has 0 heterocycles. The van der Waals surface area contributed by atoms with Crippen LogP contribution in [0.2, 0.25) is 0 Å². The van der Waals surface area contributed by atoms with Crippen LogP contribution in [0.1, 0.15) is 15.9 Å². The van der Waals surface area contributed by atoms with Gasteiger partial charge in [0.05, 0.1) is 0 Å². The molecule has 1 amide bonds. The average Bonchev–Trinajstić information content (AvgIpc) is 2.48. The van der Waals surface area contributed by atoms with Crippen LogP contribution in [0.15, 0.2) is 53.4 Å². The quantitative estimate of drug-likeness (QED) is 0.666. The molecule has 0 saturated heterocycles. The van der Waals surface area contributed by atoms with Gasteiger partial charge in [-0.05, 0) is 66.6 Å². The molecule has 0 aliphatic heterocycles. The van der Waals surface area contributed by atoms with E-state index >= 15 is 0 Å². The summed E-state index contributed by atoms with van der Waals surface area (Å²) in [5.74, 6) is -0.310. The number of thiocarbonyl (C=S) groups is 1. The van der Waals surface area contributed by atoms with E-state index in [2.05, 4.69) is 10.6 Å². The lowest BCUT2D eigenvalue weighted by molar-refractivity contribution is 0.0977. The molecule has 0 saturated carbocycles. The fraction of sp³-hybridized carbons (Fsp3) is 0.0667. The number of benzene rings is 2. The Morgan fingerprint density at radius 2 is 1.68 bits per heavy atom. The van der Waals surface area contributed by atoms with Crippen LogP contribution in [-0.2, 0) is 11.1 Å². The molecule has 0 aliphatic carbocycles.